The molecule has 2 heterocycles. The first-order valence-electron chi connectivity index (χ1n) is 8.59. The van der Waals surface area contributed by atoms with E-state index in [1.807, 2.05) is 6.07 Å². The average Bonchev–Trinajstić information content (AvgIpc) is 2.61. The summed E-state index contributed by atoms with van der Waals surface area (Å²) in [6, 6.07) is 4.96. The summed E-state index contributed by atoms with van der Waals surface area (Å²) in [7, 11) is -0.980. The Balaban J connectivity index is 1.69. The third-order valence-electron chi connectivity index (χ3n) is 4.71. The minimum Gasteiger partial charge on any atom is -0.536 e. The normalized spacial score (nSPS) is 20.3. The maximum Gasteiger partial charge on any atom is 0.570 e. The standard InChI is InChI=1S/C17H22BN3O4/c1-12(11-21-8-3-2-4-9-21)19-15-10-13-6-5-7-14(17(22)23)16(13)25-18(15)20-24/h5-7,15,19H,1-4,8-11H2,(H,22,23). The van der Waals surface area contributed by atoms with Crippen LogP contribution in [0, 0.1) is 4.91 Å². The second kappa shape index (κ2) is 7.69. The van der Waals surface area contributed by atoms with E-state index in [4.69, 9.17) is 4.65 Å². The zero-order chi connectivity index (χ0) is 17.8. The Hall–Kier alpha value is -2.35. The monoisotopic (exact) mass is 343 g/mol. The van der Waals surface area contributed by atoms with Gasteiger partial charge in [-0.3, -0.25) is 4.90 Å². The molecule has 1 aromatic rings. The third kappa shape index (κ3) is 4.01. The minimum absolute atomic E-state index is 0.0525. The molecule has 2 N–H and O–H groups in total. The molecule has 1 fully saturated rings. The first-order valence-corrected chi connectivity index (χ1v) is 8.59. The van der Waals surface area contributed by atoms with Gasteiger partial charge in [0.2, 0.25) is 0 Å². The Kier molecular flexibility index (Phi) is 5.38. The maximum absolute atomic E-state index is 11.3. The first-order chi connectivity index (χ1) is 12.1. The molecule has 3 rings (SSSR count). The molecule has 25 heavy (non-hydrogen) atoms. The number of hydrogen-bond donors (Lipinski definition) is 2. The quantitative estimate of drug-likeness (QED) is 0.607. The fourth-order valence-corrected chi connectivity index (χ4v) is 3.51. The topological polar surface area (TPSA) is 91.2 Å². The van der Waals surface area contributed by atoms with Crippen molar-refractivity contribution in [1.82, 2.24) is 10.2 Å². The van der Waals surface area contributed by atoms with Gasteiger partial charge in [0, 0.05) is 12.2 Å². The molecule has 7 nitrogen and oxygen atoms in total. The molecule has 0 saturated carbocycles. The number of hydrogen-bond acceptors (Lipinski definition) is 6. The van der Waals surface area contributed by atoms with Gasteiger partial charge >= 0.3 is 13.0 Å². The Bertz CT molecular complexity index is 676. The number of carboxylic acid groups (broad SMARTS) is 1. The molecule has 8 heteroatoms. The van der Waals surface area contributed by atoms with Crippen molar-refractivity contribution in [3.05, 3.63) is 46.5 Å². The fraction of sp³-hybridized carbons (Fsp3) is 0.471. The summed E-state index contributed by atoms with van der Waals surface area (Å²) in [6.45, 7) is 6.91. The van der Waals surface area contributed by atoms with Gasteiger partial charge in [0.25, 0.3) is 0 Å². The number of piperidine rings is 1. The van der Waals surface area contributed by atoms with Crippen molar-refractivity contribution in [1.29, 1.82) is 0 Å². The van der Waals surface area contributed by atoms with Crippen LogP contribution in [0.2, 0.25) is 0 Å². The Morgan fingerprint density at radius 2 is 2.16 bits per heavy atom. The van der Waals surface area contributed by atoms with Crippen LogP contribution in [-0.4, -0.2) is 48.6 Å². The van der Waals surface area contributed by atoms with E-state index in [0.717, 1.165) is 30.9 Å². The number of fused-ring (bicyclic) bond motifs is 1. The van der Waals surface area contributed by atoms with E-state index in [1.54, 1.807) is 6.07 Å². The largest absolute Gasteiger partial charge is 0.570 e. The zero-order valence-electron chi connectivity index (χ0n) is 14.1. The van der Waals surface area contributed by atoms with Gasteiger partial charge in [-0.2, -0.15) is 4.91 Å². The lowest BCUT2D eigenvalue weighted by molar-refractivity contribution is 0.0694. The fourth-order valence-electron chi connectivity index (χ4n) is 3.51. The summed E-state index contributed by atoms with van der Waals surface area (Å²) in [5.74, 6) is -1.20. The number of carbonyl (C=O) groups is 1. The van der Waals surface area contributed by atoms with Crippen molar-refractivity contribution in [2.24, 2.45) is 5.09 Å². The highest BCUT2D eigenvalue weighted by atomic mass is 16.5. The molecule has 1 aromatic carbocycles. The molecule has 0 bridgehead atoms. The van der Waals surface area contributed by atoms with Crippen molar-refractivity contribution in [2.75, 3.05) is 19.6 Å². The summed E-state index contributed by atoms with van der Waals surface area (Å²) in [5.41, 5.74) is 1.63. The molecular weight excluding hydrogens is 321 g/mol. The van der Waals surface area contributed by atoms with Crippen LogP contribution in [0.25, 0.3) is 0 Å². The second-order valence-electron chi connectivity index (χ2n) is 6.61. The first kappa shape index (κ1) is 17.5. The molecule has 0 aromatic heterocycles. The van der Waals surface area contributed by atoms with Crippen LogP contribution < -0.4 is 9.97 Å². The summed E-state index contributed by atoms with van der Waals surface area (Å²) >= 11 is 0. The summed E-state index contributed by atoms with van der Waals surface area (Å²) < 4.78 is 5.60. The number of aromatic carboxylic acids is 1. The summed E-state index contributed by atoms with van der Waals surface area (Å²) in [6.07, 6.45) is 4.13. The Labute approximate surface area is 147 Å². The minimum atomic E-state index is -1.08. The Morgan fingerprint density at radius 3 is 2.84 bits per heavy atom. The molecule has 2 aliphatic rings. The lowest BCUT2D eigenvalue weighted by Crippen LogP contribution is -2.51. The molecule has 1 atom stereocenters. The van der Waals surface area contributed by atoms with Crippen molar-refractivity contribution in [3.8, 4) is 5.75 Å². The van der Waals surface area contributed by atoms with Crippen LogP contribution in [0.3, 0.4) is 0 Å². The van der Waals surface area contributed by atoms with Gasteiger partial charge < -0.3 is 15.1 Å². The van der Waals surface area contributed by atoms with Gasteiger partial charge in [0.05, 0.1) is 11.5 Å². The lowest BCUT2D eigenvalue weighted by atomic mass is 9.68. The number of nitrogens with zero attached hydrogens (tertiary/aromatic N) is 2. The maximum atomic E-state index is 11.3. The smallest absolute Gasteiger partial charge is 0.536 e. The van der Waals surface area contributed by atoms with Crippen molar-refractivity contribution in [3.63, 3.8) is 0 Å². The number of likely N-dealkylation sites (tertiary alicyclic amines) is 1. The van der Waals surface area contributed by atoms with Crippen LogP contribution in [0.5, 0.6) is 5.75 Å². The zero-order valence-corrected chi connectivity index (χ0v) is 14.1. The predicted octanol–water partition coefficient (Wildman–Crippen LogP) is 2.07. The van der Waals surface area contributed by atoms with Crippen LogP contribution >= 0.6 is 0 Å². The molecular formula is C17H22BN3O4. The molecule has 0 radical (unpaired) electrons. The molecule has 132 valence electrons. The van der Waals surface area contributed by atoms with E-state index < -0.39 is 13.0 Å². The van der Waals surface area contributed by atoms with Crippen LogP contribution in [0.1, 0.15) is 35.2 Å². The SMILES string of the molecule is C=C(CN1CCCCC1)NC1Cc2cccc(C(=O)O)c2OB1N=O. The van der Waals surface area contributed by atoms with Gasteiger partial charge in [-0.1, -0.05) is 30.2 Å². The van der Waals surface area contributed by atoms with Gasteiger partial charge in [-0.05, 0) is 44.0 Å². The van der Waals surface area contributed by atoms with Crippen LogP contribution in [0.15, 0.2) is 35.6 Å². The van der Waals surface area contributed by atoms with Gasteiger partial charge in [0.1, 0.15) is 5.75 Å². The highest BCUT2D eigenvalue weighted by Crippen LogP contribution is 2.31. The van der Waals surface area contributed by atoms with Gasteiger partial charge in [0.15, 0.2) is 0 Å². The number of benzene rings is 1. The molecule has 0 spiro atoms. The molecule has 0 amide bonds. The van der Waals surface area contributed by atoms with E-state index in [1.165, 1.54) is 25.3 Å². The third-order valence-corrected chi connectivity index (χ3v) is 4.71. The highest BCUT2D eigenvalue weighted by Gasteiger charge is 2.39. The number of nitroso groups, excluding NO2 is 1. The molecule has 0 aliphatic carbocycles. The van der Waals surface area contributed by atoms with Gasteiger partial charge in [-0.25, -0.2) is 4.79 Å². The van der Waals surface area contributed by atoms with E-state index in [9.17, 15) is 14.8 Å². The van der Waals surface area contributed by atoms with E-state index in [2.05, 4.69) is 21.9 Å². The van der Waals surface area contributed by atoms with Crippen molar-refractivity contribution >= 4 is 13.0 Å². The molecule has 1 saturated heterocycles. The van der Waals surface area contributed by atoms with E-state index in [0.29, 0.717) is 6.42 Å². The van der Waals surface area contributed by atoms with E-state index in [-0.39, 0.29) is 17.3 Å². The Morgan fingerprint density at radius 1 is 1.40 bits per heavy atom. The van der Waals surface area contributed by atoms with Crippen molar-refractivity contribution in [2.45, 2.75) is 31.6 Å². The number of carboxylic acids is 1. The number of nitrogens with one attached hydrogen (secondary N) is 1. The number of para-hydroxylation sites is 1. The lowest BCUT2D eigenvalue weighted by Gasteiger charge is -2.32. The van der Waals surface area contributed by atoms with Crippen LogP contribution in [0.4, 0.5) is 0 Å². The number of rotatable bonds is 6. The van der Waals surface area contributed by atoms with Crippen molar-refractivity contribution < 1.29 is 14.6 Å². The molecule has 2 aliphatic heterocycles. The average molecular weight is 343 g/mol. The molecule has 1 unspecified atom stereocenters. The van der Waals surface area contributed by atoms with Crippen LogP contribution in [-0.2, 0) is 6.42 Å². The van der Waals surface area contributed by atoms with E-state index >= 15 is 0 Å². The predicted molar refractivity (Wildman–Crippen MR) is 95.6 cm³/mol. The highest BCUT2D eigenvalue weighted by molar-refractivity contribution is 6.53. The summed E-state index contributed by atoms with van der Waals surface area (Å²) in [4.78, 5) is 24.9. The van der Waals surface area contributed by atoms with Gasteiger partial charge in [-0.15, -0.1) is 0 Å². The second-order valence-corrected chi connectivity index (χ2v) is 6.61. The summed E-state index contributed by atoms with van der Waals surface area (Å²) in [5, 5.41) is 15.6.